The van der Waals surface area contributed by atoms with Crippen molar-refractivity contribution in [2.24, 2.45) is 0 Å². The number of nitrogens with two attached hydrogens (primary N) is 1. The first-order valence-electron chi connectivity index (χ1n) is 5.57. The van der Waals surface area contributed by atoms with E-state index >= 15 is 0 Å². The Morgan fingerprint density at radius 2 is 1.84 bits per heavy atom. The summed E-state index contributed by atoms with van der Waals surface area (Å²) in [6.45, 7) is 0. The first-order valence-corrected chi connectivity index (χ1v) is 7.03. The number of hydrogen-bond acceptors (Lipinski definition) is 2. The van der Waals surface area contributed by atoms with Crippen molar-refractivity contribution in [1.82, 2.24) is 0 Å². The predicted molar refractivity (Wildman–Crippen MR) is 87.8 cm³/mol. The summed E-state index contributed by atoms with van der Waals surface area (Å²) < 4.78 is 0.922. The first-order chi connectivity index (χ1) is 8.99. The molecule has 0 aliphatic heterocycles. The van der Waals surface area contributed by atoms with Crippen LogP contribution in [0.15, 0.2) is 42.5 Å². The lowest BCUT2D eigenvalue weighted by Gasteiger charge is -2.17. The second-order valence-electron chi connectivity index (χ2n) is 4.08. The van der Waals surface area contributed by atoms with E-state index in [1.165, 1.54) is 0 Å². The standard InChI is InChI=1S/C14H12ClIN2O/c1-18(11-5-3-10(17)4-6-11)14(19)9-2-7-13(16)12(15)8-9/h2-8H,17H2,1H3. The maximum Gasteiger partial charge on any atom is 0.258 e. The van der Waals surface area contributed by atoms with E-state index in [0.717, 1.165) is 9.26 Å². The molecule has 2 aromatic carbocycles. The summed E-state index contributed by atoms with van der Waals surface area (Å²) in [5.74, 6) is -0.108. The Balaban J connectivity index is 2.28. The van der Waals surface area contributed by atoms with Gasteiger partial charge < -0.3 is 10.6 Å². The maximum atomic E-state index is 12.3. The monoisotopic (exact) mass is 386 g/mol. The molecule has 0 saturated heterocycles. The Morgan fingerprint density at radius 1 is 1.21 bits per heavy atom. The number of rotatable bonds is 2. The minimum atomic E-state index is -0.108. The SMILES string of the molecule is CN(C(=O)c1ccc(I)c(Cl)c1)c1ccc(N)cc1. The lowest BCUT2D eigenvalue weighted by atomic mass is 10.2. The minimum absolute atomic E-state index is 0.108. The fraction of sp³-hybridized carbons (Fsp3) is 0.0714. The molecule has 98 valence electrons. The number of amides is 1. The third kappa shape index (κ3) is 3.19. The highest BCUT2D eigenvalue weighted by Crippen LogP contribution is 2.22. The maximum absolute atomic E-state index is 12.3. The number of benzene rings is 2. The Morgan fingerprint density at radius 3 is 2.42 bits per heavy atom. The van der Waals surface area contributed by atoms with Crippen LogP contribution in [0.1, 0.15) is 10.4 Å². The summed E-state index contributed by atoms with van der Waals surface area (Å²) in [4.78, 5) is 13.9. The van der Waals surface area contributed by atoms with Gasteiger partial charge in [0.2, 0.25) is 0 Å². The summed E-state index contributed by atoms with van der Waals surface area (Å²) in [6.07, 6.45) is 0. The molecule has 2 N–H and O–H groups in total. The summed E-state index contributed by atoms with van der Waals surface area (Å²) in [5.41, 5.74) is 7.64. The molecule has 5 heteroatoms. The molecule has 0 bridgehead atoms. The van der Waals surface area contributed by atoms with E-state index in [-0.39, 0.29) is 5.91 Å². The van der Waals surface area contributed by atoms with E-state index in [2.05, 4.69) is 22.6 Å². The molecule has 2 aromatic rings. The van der Waals surface area contributed by atoms with Gasteiger partial charge in [-0.3, -0.25) is 4.79 Å². The smallest absolute Gasteiger partial charge is 0.258 e. The molecule has 0 atom stereocenters. The first kappa shape index (κ1) is 14.1. The molecule has 0 aromatic heterocycles. The van der Waals surface area contributed by atoms with E-state index < -0.39 is 0 Å². The molecule has 19 heavy (non-hydrogen) atoms. The summed E-state index contributed by atoms with van der Waals surface area (Å²) in [7, 11) is 1.72. The van der Waals surface area contributed by atoms with Crippen LogP contribution in [0.5, 0.6) is 0 Å². The normalized spacial score (nSPS) is 10.3. The van der Waals surface area contributed by atoms with Crippen LogP contribution in [0.4, 0.5) is 11.4 Å². The van der Waals surface area contributed by atoms with Gasteiger partial charge in [-0.25, -0.2) is 0 Å². The van der Waals surface area contributed by atoms with Gasteiger partial charge in [0.25, 0.3) is 5.91 Å². The molecule has 0 fully saturated rings. The van der Waals surface area contributed by atoms with E-state index in [9.17, 15) is 4.79 Å². The number of hydrogen-bond donors (Lipinski definition) is 1. The van der Waals surface area contributed by atoms with Crippen LogP contribution in [0.2, 0.25) is 5.02 Å². The number of carbonyl (C=O) groups is 1. The zero-order valence-electron chi connectivity index (χ0n) is 10.2. The molecule has 0 aliphatic carbocycles. The van der Waals surface area contributed by atoms with Gasteiger partial charge in [-0.1, -0.05) is 11.6 Å². The number of carbonyl (C=O) groups excluding carboxylic acids is 1. The number of anilines is 2. The summed E-state index contributed by atoms with van der Waals surface area (Å²) in [5, 5.41) is 0.581. The molecule has 0 heterocycles. The van der Waals surface area contributed by atoms with Crippen molar-refractivity contribution in [1.29, 1.82) is 0 Å². The van der Waals surface area contributed by atoms with Gasteiger partial charge in [0, 0.05) is 27.6 Å². The van der Waals surface area contributed by atoms with Gasteiger partial charge in [0.05, 0.1) is 5.02 Å². The van der Waals surface area contributed by atoms with Crippen molar-refractivity contribution in [3.63, 3.8) is 0 Å². The van der Waals surface area contributed by atoms with E-state index in [1.807, 2.05) is 18.2 Å². The zero-order valence-corrected chi connectivity index (χ0v) is 13.1. The second-order valence-corrected chi connectivity index (χ2v) is 5.65. The minimum Gasteiger partial charge on any atom is -0.399 e. The van der Waals surface area contributed by atoms with Crippen molar-refractivity contribution in [3.05, 3.63) is 56.6 Å². The van der Waals surface area contributed by atoms with Crippen LogP contribution in [-0.2, 0) is 0 Å². The Labute approximate surface area is 130 Å². The molecule has 3 nitrogen and oxygen atoms in total. The molecule has 0 radical (unpaired) electrons. The van der Waals surface area contributed by atoms with Crippen LogP contribution in [0.25, 0.3) is 0 Å². The highest BCUT2D eigenvalue weighted by Gasteiger charge is 2.14. The molecule has 1 amide bonds. The Kier molecular flexibility index (Phi) is 4.31. The lowest BCUT2D eigenvalue weighted by Crippen LogP contribution is -2.26. The number of nitrogens with zero attached hydrogens (tertiary/aromatic N) is 1. The average molecular weight is 387 g/mol. The fourth-order valence-electron chi connectivity index (χ4n) is 1.64. The van der Waals surface area contributed by atoms with Gasteiger partial charge >= 0.3 is 0 Å². The van der Waals surface area contributed by atoms with Gasteiger partial charge in [-0.2, -0.15) is 0 Å². The van der Waals surface area contributed by atoms with Gasteiger partial charge in [-0.15, -0.1) is 0 Å². The van der Waals surface area contributed by atoms with Gasteiger partial charge in [0.15, 0.2) is 0 Å². The number of halogens is 2. The van der Waals surface area contributed by atoms with Gasteiger partial charge in [-0.05, 0) is 65.1 Å². The van der Waals surface area contributed by atoms with E-state index in [4.69, 9.17) is 17.3 Å². The largest absolute Gasteiger partial charge is 0.399 e. The van der Waals surface area contributed by atoms with Crippen LogP contribution < -0.4 is 10.6 Å². The van der Waals surface area contributed by atoms with Crippen molar-refractivity contribution >= 4 is 51.5 Å². The van der Waals surface area contributed by atoms with E-state index in [1.54, 1.807) is 36.2 Å². The zero-order chi connectivity index (χ0) is 14.0. The highest BCUT2D eigenvalue weighted by molar-refractivity contribution is 14.1. The molecule has 2 rings (SSSR count). The average Bonchev–Trinajstić information content (AvgIpc) is 2.41. The predicted octanol–water partition coefficient (Wildman–Crippen LogP) is 3.80. The van der Waals surface area contributed by atoms with Crippen molar-refractivity contribution < 1.29 is 4.79 Å². The third-order valence-electron chi connectivity index (χ3n) is 2.75. The highest BCUT2D eigenvalue weighted by atomic mass is 127. The lowest BCUT2D eigenvalue weighted by molar-refractivity contribution is 0.0993. The van der Waals surface area contributed by atoms with Gasteiger partial charge in [0.1, 0.15) is 0 Å². The molecule has 0 unspecified atom stereocenters. The third-order valence-corrected chi connectivity index (χ3v) is 4.32. The molecular formula is C14H12ClIN2O. The molecule has 0 spiro atoms. The van der Waals surface area contributed by atoms with Crippen LogP contribution in [0, 0.1) is 3.57 Å². The molecule has 0 saturated carbocycles. The second kappa shape index (κ2) is 5.79. The fourth-order valence-corrected chi connectivity index (χ4v) is 2.15. The van der Waals surface area contributed by atoms with Crippen LogP contribution >= 0.6 is 34.2 Å². The summed E-state index contributed by atoms with van der Waals surface area (Å²) in [6, 6.07) is 12.4. The Hall–Kier alpha value is -1.27. The summed E-state index contributed by atoms with van der Waals surface area (Å²) >= 11 is 8.16. The van der Waals surface area contributed by atoms with E-state index in [0.29, 0.717) is 16.3 Å². The quantitative estimate of drug-likeness (QED) is 0.630. The topological polar surface area (TPSA) is 46.3 Å². The number of nitrogen functional groups attached to an aromatic ring is 1. The molecule has 0 aliphatic rings. The van der Waals surface area contributed by atoms with Crippen LogP contribution in [0.3, 0.4) is 0 Å². The van der Waals surface area contributed by atoms with Crippen molar-refractivity contribution in [2.75, 3.05) is 17.7 Å². The molecular weight excluding hydrogens is 375 g/mol. The van der Waals surface area contributed by atoms with Crippen LogP contribution in [-0.4, -0.2) is 13.0 Å². The van der Waals surface area contributed by atoms with Crippen molar-refractivity contribution in [2.45, 2.75) is 0 Å². The Bertz CT molecular complexity index is 613. The van der Waals surface area contributed by atoms with Crippen molar-refractivity contribution in [3.8, 4) is 0 Å².